The van der Waals surface area contributed by atoms with Crippen LogP contribution in [0.15, 0.2) is 67.3 Å². The van der Waals surface area contributed by atoms with E-state index in [1.165, 1.54) is 6.07 Å². The maximum absolute atomic E-state index is 14.0. The van der Waals surface area contributed by atoms with E-state index in [-0.39, 0.29) is 18.3 Å². The van der Waals surface area contributed by atoms with E-state index < -0.39 is 0 Å². The van der Waals surface area contributed by atoms with Crippen molar-refractivity contribution in [2.45, 2.75) is 26.9 Å². The van der Waals surface area contributed by atoms with Crippen molar-refractivity contribution >= 4 is 5.91 Å². The topological polar surface area (TPSA) is 38.1 Å². The molecule has 144 valence electrons. The molecule has 4 nitrogen and oxygen atoms in total. The van der Waals surface area contributed by atoms with Gasteiger partial charge in [-0.3, -0.25) is 9.48 Å². The minimum Gasteiger partial charge on any atom is -0.331 e. The zero-order chi connectivity index (χ0) is 20.1. The average molecular weight is 377 g/mol. The normalized spacial score (nSPS) is 10.7. The van der Waals surface area contributed by atoms with Gasteiger partial charge in [0.1, 0.15) is 5.82 Å². The van der Waals surface area contributed by atoms with Gasteiger partial charge < -0.3 is 4.90 Å². The number of nitrogens with zero attached hydrogens (tertiary/aromatic N) is 3. The van der Waals surface area contributed by atoms with Gasteiger partial charge in [0.15, 0.2) is 0 Å². The molecule has 0 saturated heterocycles. The van der Waals surface area contributed by atoms with Crippen LogP contribution in [0, 0.1) is 19.7 Å². The molecular weight excluding hydrogens is 353 g/mol. The van der Waals surface area contributed by atoms with Gasteiger partial charge in [-0.1, -0.05) is 36.4 Å². The largest absolute Gasteiger partial charge is 0.331 e. The first-order valence-electron chi connectivity index (χ1n) is 9.21. The van der Waals surface area contributed by atoms with Gasteiger partial charge in [-0.15, -0.1) is 6.58 Å². The summed E-state index contributed by atoms with van der Waals surface area (Å²) in [6.07, 6.45) is 1.65. The fraction of sp³-hybridized carbons (Fsp3) is 0.217. The smallest absolute Gasteiger partial charge is 0.254 e. The zero-order valence-electron chi connectivity index (χ0n) is 16.2. The van der Waals surface area contributed by atoms with Crippen molar-refractivity contribution < 1.29 is 9.18 Å². The maximum atomic E-state index is 14.0. The van der Waals surface area contributed by atoms with Crippen molar-refractivity contribution in [3.63, 3.8) is 0 Å². The third-order valence-electron chi connectivity index (χ3n) is 4.57. The number of aryl methyl sites for hydroxylation is 2. The Hall–Kier alpha value is -3.21. The molecule has 0 N–H and O–H groups in total. The number of amides is 1. The second kappa shape index (κ2) is 8.65. The summed E-state index contributed by atoms with van der Waals surface area (Å²) in [6, 6.07) is 16.0. The van der Waals surface area contributed by atoms with Crippen molar-refractivity contribution in [2.24, 2.45) is 0 Å². The highest BCUT2D eigenvalue weighted by molar-refractivity contribution is 5.94. The van der Waals surface area contributed by atoms with Gasteiger partial charge in [0.2, 0.25) is 0 Å². The van der Waals surface area contributed by atoms with E-state index >= 15 is 0 Å². The van der Waals surface area contributed by atoms with Crippen molar-refractivity contribution in [2.75, 3.05) is 6.54 Å². The summed E-state index contributed by atoms with van der Waals surface area (Å²) >= 11 is 0. The Kier molecular flexibility index (Phi) is 6.04. The lowest BCUT2D eigenvalue weighted by Gasteiger charge is -2.22. The molecule has 0 fully saturated rings. The van der Waals surface area contributed by atoms with E-state index in [0.717, 1.165) is 17.0 Å². The molecule has 1 aromatic heterocycles. The molecule has 0 bridgehead atoms. The van der Waals surface area contributed by atoms with E-state index in [0.29, 0.717) is 24.2 Å². The second-order valence-corrected chi connectivity index (χ2v) is 6.85. The number of hydrogen-bond acceptors (Lipinski definition) is 2. The van der Waals surface area contributed by atoms with Gasteiger partial charge in [-0.05, 0) is 43.7 Å². The summed E-state index contributed by atoms with van der Waals surface area (Å²) < 4.78 is 15.9. The molecule has 3 aromatic rings. The number of aromatic nitrogens is 2. The molecular formula is C23H24FN3O. The monoisotopic (exact) mass is 377 g/mol. The van der Waals surface area contributed by atoms with Gasteiger partial charge in [0, 0.05) is 29.9 Å². The predicted molar refractivity (Wildman–Crippen MR) is 109 cm³/mol. The molecule has 0 aliphatic heterocycles. The second-order valence-electron chi connectivity index (χ2n) is 6.85. The van der Waals surface area contributed by atoms with E-state index in [9.17, 15) is 9.18 Å². The molecule has 2 aromatic carbocycles. The Morgan fingerprint density at radius 2 is 1.96 bits per heavy atom. The summed E-state index contributed by atoms with van der Waals surface area (Å²) in [5, 5.41) is 4.48. The van der Waals surface area contributed by atoms with Gasteiger partial charge in [-0.2, -0.15) is 5.10 Å². The highest BCUT2D eigenvalue weighted by atomic mass is 19.1. The Morgan fingerprint density at radius 1 is 1.18 bits per heavy atom. The lowest BCUT2D eigenvalue weighted by Crippen LogP contribution is -2.31. The summed E-state index contributed by atoms with van der Waals surface area (Å²) in [5.74, 6) is -0.471. The molecule has 0 radical (unpaired) electrons. The Balaban J connectivity index is 1.82. The predicted octanol–water partition coefficient (Wildman–Crippen LogP) is 4.52. The molecule has 0 aliphatic rings. The number of carbonyl (C=O) groups excluding carboxylic acids is 1. The summed E-state index contributed by atoms with van der Waals surface area (Å²) in [4.78, 5) is 14.7. The molecule has 1 amide bonds. The Labute approximate surface area is 164 Å². The van der Waals surface area contributed by atoms with Crippen LogP contribution in [0.5, 0.6) is 0 Å². The van der Waals surface area contributed by atoms with Crippen LogP contribution in [0.1, 0.15) is 32.9 Å². The molecule has 0 atom stereocenters. The minimum atomic E-state index is -0.317. The number of carbonyl (C=O) groups is 1. The summed E-state index contributed by atoms with van der Waals surface area (Å²) in [5.41, 5.74) is 4.07. The zero-order valence-corrected chi connectivity index (χ0v) is 16.2. The van der Waals surface area contributed by atoms with E-state index in [1.54, 1.807) is 35.2 Å². The number of halogens is 1. The molecule has 28 heavy (non-hydrogen) atoms. The highest BCUT2D eigenvalue weighted by Crippen LogP contribution is 2.15. The summed E-state index contributed by atoms with van der Waals surface area (Å²) in [6.45, 7) is 8.82. The van der Waals surface area contributed by atoms with Crippen LogP contribution in [0.2, 0.25) is 0 Å². The van der Waals surface area contributed by atoms with Gasteiger partial charge >= 0.3 is 0 Å². The van der Waals surface area contributed by atoms with Gasteiger partial charge in [0.05, 0.1) is 12.2 Å². The van der Waals surface area contributed by atoms with Crippen molar-refractivity contribution in [1.82, 2.24) is 14.7 Å². The first kappa shape index (κ1) is 19.5. The fourth-order valence-corrected chi connectivity index (χ4v) is 3.20. The lowest BCUT2D eigenvalue weighted by atomic mass is 10.1. The van der Waals surface area contributed by atoms with E-state index in [2.05, 4.69) is 11.7 Å². The first-order valence-corrected chi connectivity index (χ1v) is 9.21. The number of benzene rings is 2. The fourth-order valence-electron chi connectivity index (χ4n) is 3.20. The molecule has 0 saturated carbocycles. The molecule has 0 aliphatic carbocycles. The molecule has 5 heteroatoms. The van der Waals surface area contributed by atoms with Crippen LogP contribution in [0.4, 0.5) is 4.39 Å². The van der Waals surface area contributed by atoms with Crippen molar-refractivity contribution in [1.29, 1.82) is 0 Å². The Bertz CT molecular complexity index is 993. The van der Waals surface area contributed by atoms with Gasteiger partial charge in [0.25, 0.3) is 5.91 Å². The first-order chi connectivity index (χ1) is 13.5. The minimum absolute atomic E-state index is 0.154. The van der Waals surface area contributed by atoms with Crippen LogP contribution in [-0.4, -0.2) is 27.1 Å². The van der Waals surface area contributed by atoms with Crippen LogP contribution in [-0.2, 0) is 13.1 Å². The van der Waals surface area contributed by atoms with Crippen LogP contribution >= 0.6 is 0 Å². The quantitative estimate of drug-likeness (QED) is 0.568. The average Bonchev–Trinajstić information content (AvgIpc) is 2.99. The van der Waals surface area contributed by atoms with Gasteiger partial charge in [-0.25, -0.2) is 4.39 Å². The number of rotatable bonds is 7. The third kappa shape index (κ3) is 4.55. The van der Waals surface area contributed by atoms with Crippen LogP contribution in [0.3, 0.4) is 0 Å². The van der Waals surface area contributed by atoms with E-state index in [1.807, 2.05) is 42.8 Å². The molecule has 1 heterocycles. The molecule has 0 spiro atoms. The molecule has 0 unspecified atom stereocenters. The van der Waals surface area contributed by atoms with Crippen molar-refractivity contribution in [3.8, 4) is 0 Å². The van der Waals surface area contributed by atoms with Crippen molar-refractivity contribution in [3.05, 3.63) is 101 Å². The lowest BCUT2D eigenvalue weighted by molar-refractivity contribution is 0.0761. The summed E-state index contributed by atoms with van der Waals surface area (Å²) in [7, 11) is 0. The van der Waals surface area contributed by atoms with E-state index in [4.69, 9.17) is 0 Å². The number of hydrogen-bond donors (Lipinski definition) is 0. The maximum Gasteiger partial charge on any atom is 0.254 e. The third-order valence-corrected chi connectivity index (χ3v) is 4.57. The standard InChI is InChI=1S/C23H24FN3O/c1-4-12-26(16-21-9-5-6-11-22(21)24)23(28)20-10-7-8-19(14-20)15-27-18(3)13-17(2)25-27/h4-11,13-14H,1,12,15-16H2,2-3H3. The van der Waals surface area contributed by atoms with Crippen LogP contribution < -0.4 is 0 Å². The van der Waals surface area contributed by atoms with Crippen LogP contribution in [0.25, 0.3) is 0 Å². The Morgan fingerprint density at radius 3 is 2.64 bits per heavy atom. The highest BCUT2D eigenvalue weighted by Gasteiger charge is 2.17. The SMILES string of the molecule is C=CCN(Cc1ccccc1F)C(=O)c1cccc(Cn2nc(C)cc2C)c1. The molecule has 3 rings (SSSR count).